The van der Waals surface area contributed by atoms with Crippen molar-refractivity contribution in [2.75, 3.05) is 6.54 Å². The zero-order chi connectivity index (χ0) is 28.4. The number of carbonyl (C=O) groups excluding carboxylic acids is 1. The molecule has 1 atom stereocenters. The number of aryl methyl sites for hydroxylation is 1. The maximum atomic E-state index is 13.5. The number of hydrogen-bond donors (Lipinski definition) is 1. The van der Waals surface area contributed by atoms with E-state index in [0.29, 0.717) is 11.5 Å². The summed E-state index contributed by atoms with van der Waals surface area (Å²) < 4.78 is 6.48. The predicted octanol–water partition coefficient (Wildman–Crippen LogP) is 7.16. The molecule has 5 heteroatoms. The largest absolute Gasteiger partial charge is 0.487 e. The summed E-state index contributed by atoms with van der Waals surface area (Å²) in [5.41, 5.74) is 5.83. The topological polar surface area (TPSA) is 66.8 Å². The Labute approximate surface area is 232 Å². The van der Waals surface area contributed by atoms with Gasteiger partial charge in [0.2, 0.25) is 0 Å². The van der Waals surface area contributed by atoms with Gasteiger partial charge in [-0.25, -0.2) is 0 Å². The number of rotatable bonds is 8. The Bertz CT molecular complexity index is 1320. The number of aliphatic carboxylic acids is 1. The molecule has 0 aromatic heterocycles. The Balaban J connectivity index is 1.48. The minimum absolute atomic E-state index is 0.0226. The number of ether oxygens (including phenoxy) is 1. The van der Waals surface area contributed by atoms with Crippen LogP contribution in [0.15, 0.2) is 66.7 Å². The number of carbonyl (C=O) groups is 2. The highest BCUT2D eigenvalue weighted by molar-refractivity contribution is 5.96. The van der Waals surface area contributed by atoms with Crippen molar-refractivity contribution in [3.63, 3.8) is 0 Å². The van der Waals surface area contributed by atoms with E-state index >= 15 is 0 Å². The highest BCUT2D eigenvalue weighted by Crippen LogP contribution is 2.36. The van der Waals surface area contributed by atoms with Crippen LogP contribution in [0, 0.1) is 0 Å². The van der Waals surface area contributed by atoms with Crippen molar-refractivity contribution >= 4 is 11.9 Å². The van der Waals surface area contributed by atoms with E-state index in [1.54, 1.807) is 6.07 Å². The van der Waals surface area contributed by atoms with Crippen molar-refractivity contribution in [1.29, 1.82) is 0 Å². The molecule has 1 aliphatic rings. The van der Waals surface area contributed by atoms with Crippen LogP contribution in [0.4, 0.5) is 0 Å². The first kappa shape index (κ1) is 28.4. The fourth-order valence-corrected chi connectivity index (χ4v) is 5.18. The molecule has 0 bridgehead atoms. The molecule has 3 aromatic rings. The summed E-state index contributed by atoms with van der Waals surface area (Å²) in [5.74, 6) is -0.0294. The van der Waals surface area contributed by atoms with Gasteiger partial charge >= 0.3 is 5.97 Å². The van der Waals surface area contributed by atoms with Gasteiger partial charge in [0, 0.05) is 18.5 Å². The first-order valence-electron chi connectivity index (χ1n) is 13.8. The van der Waals surface area contributed by atoms with Crippen LogP contribution in [0.5, 0.6) is 5.75 Å². The van der Waals surface area contributed by atoms with Gasteiger partial charge < -0.3 is 14.7 Å². The molecule has 39 heavy (non-hydrogen) atoms. The number of carboxylic acids is 1. The van der Waals surface area contributed by atoms with E-state index in [0.717, 1.165) is 36.1 Å². The average Bonchev–Trinajstić information content (AvgIpc) is 2.87. The molecule has 0 spiro atoms. The number of nitrogens with zero attached hydrogens (tertiary/aromatic N) is 1. The first-order valence-corrected chi connectivity index (χ1v) is 13.8. The van der Waals surface area contributed by atoms with Crippen molar-refractivity contribution in [3.8, 4) is 5.75 Å². The molecule has 0 radical (unpaired) electrons. The van der Waals surface area contributed by atoms with Gasteiger partial charge in [0.05, 0.1) is 0 Å². The summed E-state index contributed by atoms with van der Waals surface area (Å²) in [6.45, 7) is 12.9. The summed E-state index contributed by atoms with van der Waals surface area (Å²) in [6, 6.07) is 22.3. The number of hydrogen-bond acceptors (Lipinski definition) is 3. The summed E-state index contributed by atoms with van der Waals surface area (Å²) in [7, 11) is 0. The van der Waals surface area contributed by atoms with Crippen molar-refractivity contribution < 1.29 is 19.4 Å². The van der Waals surface area contributed by atoms with Crippen molar-refractivity contribution in [3.05, 3.63) is 100 Å². The fraction of sp³-hybridized carbons (Fsp3) is 0.412. The van der Waals surface area contributed by atoms with E-state index in [4.69, 9.17) is 4.74 Å². The third kappa shape index (κ3) is 7.08. The highest BCUT2D eigenvalue weighted by atomic mass is 16.5. The lowest BCUT2D eigenvalue weighted by Gasteiger charge is -2.36. The minimum Gasteiger partial charge on any atom is -0.487 e. The molecule has 1 heterocycles. The molecule has 5 nitrogen and oxygen atoms in total. The Morgan fingerprint density at radius 3 is 2.21 bits per heavy atom. The third-order valence-electron chi connectivity index (χ3n) is 7.62. The molecule has 1 N–H and O–H groups in total. The first-order chi connectivity index (χ1) is 18.3. The predicted molar refractivity (Wildman–Crippen MR) is 156 cm³/mol. The molecule has 0 saturated carbocycles. The zero-order valence-corrected chi connectivity index (χ0v) is 24.1. The Kier molecular flexibility index (Phi) is 8.20. The van der Waals surface area contributed by atoms with Crippen LogP contribution in [-0.4, -0.2) is 34.0 Å². The molecule has 0 aliphatic carbocycles. The lowest BCUT2D eigenvalue weighted by Crippen LogP contribution is -2.39. The number of carboxylic acid groups (broad SMARTS) is 1. The maximum Gasteiger partial charge on any atom is 0.323 e. The number of fused-ring (bicyclic) bond motifs is 1. The van der Waals surface area contributed by atoms with E-state index in [-0.39, 0.29) is 30.0 Å². The lowest BCUT2D eigenvalue weighted by atomic mass is 9.86. The fourth-order valence-electron chi connectivity index (χ4n) is 5.18. The molecule has 4 rings (SSSR count). The van der Waals surface area contributed by atoms with Crippen LogP contribution in [0.1, 0.15) is 92.1 Å². The maximum absolute atomic E-state index is 13.5. The van der Waals surface area contributed by atoms with E-state index in [1.165, 1.54) is 21.6 Å². The van der Waals surface area contributed by atoms with Gasteiger partial charge in [0.1, 0.15) is 17.9 Å². The summed E-state index contributed by atoms with van der Waals surface area (Å²) in [4.78, 5) is 26.5. The van der Waals surface area contributed by atoms with Crippen molar-refractivity contribution in [2.24, 2.45) is 0 Å². The molecule has 1 aliphatic heterocycles. The van der Waals surface area contributed by atoms with Crippen LogP contribution in [0.2, 0.25) is 0 Å². The quantitative estimate of drug-likeness (QED) is 0.337. The third-order valence-corrected chi connectivity index (χ3v) is 7.62. The molecular weight excluding hydrogens is 486 g/mol. The standard InChI is InChI=1S/C34H41NO4/c1-23(2)26-11-7-24(8-12-26)20-34(6)18-17-27-19-28(13-16-30(27)39-34)32(38)35(22-31(36)37)21-25-9-14-29(15-10-25)33(3,4)5/h7-16,19,23H,17-18,20-22H2,1-6H3,(H,36,37)/t34-/m0/s1. The van der Waals surface area contributed by atoms with Gasteiger partial charge in [0.15, 0.2) is 0 Å². The van der Waals surface area contributed by atoms with Crippen molar-refractivity contribution in [1.82, 2.24) is 4.90 Å². The van der Waals surface area contributed by atoms with Crippen LogP contribution in [0.3, 0.4) is 0 Å². The van der Waals surface area contributed by atoms with Gasteiger partial charge in [-0.15, -0.1) is 0 Å². The SMILES string of the molecule is CC(C)c1ccc(C[C@]2(C)CCc3cc(C(=O)N(CC(=O)O)Cc4ccc(C(C)(C)C)cc4)ccc3O2)cc1. The Hall–Kier alpha value is -3.60. The molecular formula is C34H41NO4. The molecule has 0 saturated heterocycles. The number of benzene rings is 3. The van der Waals surface area contributed by atoms with Crippen LogP contribution in [-0.2, 0) is 29.6 Å². The molecule has 0 unspecified atom stereocenters. The van der Waals surface area contributed by atoms with E-state index in [9.17, 15) is 14.7 Å². The molecule has 0 fully saturated rings. The molecule has 1 amide bonds. The van der Waals surface area contributed by atoms with Crippen molar-refractivity contribution in [2.45, 2.75) is 84.3 Å². The minimum atomic E-state index is -1.03. The van der Waals surface area contributed by atoms with Gasteiger partial charge in [0.25, 0.3) is 5.91 Å². The van der Waals surface area contributed by atoms with Gasteiger partial charge in [-0.2, -0.15) is 0 Å². The smallest absolute Gasteiger partial charge is 0.323 e. The lowest BCUT2D eigenvalue weighted by molar-refractivity contribution is -0.137. The zero-order valence-electron chi connectivity index (χ0n) is 24.1. The van der Waals surface area contributed by atoms with Crippen LogP contribution >= 0.6 is 0 Å². The van der Waals surface area contributed by atoms with E-state index < -0.39 is 5.97 Å². The summed E-state index contributed by atoms with van der Waals surface area (Å²) in [5, 5.41) is 9.51. The molecule has 206 valence electrons. The second-order valence-electron chi connectivity index (χ2n) is 12.4. The highest BCUT2D eigenvalue weighted by Gasteiger charge is 2.32. The molecule has 3 aromatic carbocycles. The summed E-state index contributed by atoms with van der Waals surface area (Å²) >= 11 is 0. The average molecular weight is 528 g/mol. The Morgan fingerprint density at radius 2 is 1.62 bits per heavy atom. The summed E-state index contributed by atoms with van der Waals surface area (Å²) in [6.07, 6.45) is 2.44. The normalized spacial score (nSPS) is 16.9. The Morgan fingerprint density at radius 1 is 0.974 bits per heavy atom. The van der Waals surface area contributed by atoms with Gasteiger partial charge in [-0.1, -0.05) is 83.1 Å². The van der Waals surface area contributed by atoms with E-state index in [1.807, 2.05) is 36.4 Å². The number of amides is 1. The second kappa shape index (κ2) is 11.3. The van der Waals surface area contributed by atoms with E-state index in [2.05, 4.69) is 65.8 Å². The monoisotopic (exact) mass is 527 g/mol. The van der Waals surface area contributed by atoms with Gasteiger partial charge in [-0.3, -0.25) is 9.59 Å². The second-order valence-corrected chi connectivity index (χ2v) is 12.4. The van der Waals surface area contributed by atoms with Crippen LogP contribution in [0.25, 0.3) is 0 Å². The van der Waals surface area contributed by atoms with Crippen LogP contribution < -0.4 is 4.74 Å². The van der Waals surface area contributed by atoms with Gasteiger partial charge in [-0.05, 0) is 77.1 Å².